The van der Waals surface area contributed by atoms with Gasteiger partial charge in [-0.05, 0) is 30.4 Å². The minimum Gasteiger partial charge on any atom is -0.391 e. The molecule has 0 radical (unpaired) electrons. The second-order valence-corrected chi connectivity index (χ2v) is 4.44. The number of benzene rings is 1. The smallest absolute Gasteiger partial charge is 0.0784 e. The maximum absolute atomic E-state index is 9.96. The summed E-state index contributed by atoms with van der Waals surface area (Å²) in [6, 6.07) is 8.58. The second kappa shape index (κ2) is 2.99. The minimum atomic E-state index is -0.197. The number of hydrogen-bond donors (Lipinski definition) is 2. The highest BCUT2D eigenvalue weighted by molar-refractivity contribution is 5.54. The molecule has 0 spiro atoms. The number of fused-ring (bicyclic) bond motifs is 1. The molecular formula is C12H15NO. The van der Waals surface area contributed by atoms with E-state index in [0.29, 0.717) is 12.0 Å². The molecule has 0 bridgehead atoms. The van der Waals surface area contributed by atoms with Crippen LogP contribution in [0.5, 0.6) is 0 Å². The maximum atomic E-state index is 9.96. The molecule has 1 heterocycles. The molecule has 1 aromatic carbocycles. The molecule has 1 aromatic rings. The van der Waals surface area contributed by atoms with E-state index in [1.165, 1.54) is 24.1 Å². The van der Waals surface area contributed by atoms with Crippen LogP contribution >= 0.6 is 0 Å². The average Bonchev–Trinajstić information content (AvgIpc) is 3.00. The number of hydrogen-bond acceptors (Lipinski definition) is 2. The predicted octanol–water partition coefficient (Wildman–Crippen LogP) is 1.79. The lowest BCUT2D eigenvalue weighted by Gasteiger charge is -2.31. The summed E-state index contributed by atoms with van der Waals surface area (Å²) in [4.78, 5) is 0. The summed E-state index contributed by atoms with van der Waals surface area (Å²) in [5.41, 5.74) is 2.46. The van der Waals surface area contributed by atoms with Gasteiger partial charge in [-0.2, -0.15) is 0 Å². The van der Waals surface area contributed by atoms with Gasteiger partial charge in [0.15, 0.2) is 0 Å². The van der Waals surface area contributed by atoms with Crippen LogP contribution in [-0.4, -0.2) is 17.3 Å². The van der Waals surface area contributed by atoms with Crippen LogP contribution in [0.4, 0.5) is 5.69 Å². The number of anilines is 1. The number of aliphatic hydroxyl groups is 1. The Labute approximate surface area is 84.0 Å². The fourth-order valence-corrected chi connectivity index (χ4v) is 2.35. The monoisotopic (exact) mass is 189 g/mol. The number of para-hydroxylation sites is 1. The van der Waals surface area contributed by atoms with Crippen molar-refractivity contribution in [1.82, 2.24) is 0 Å². The summed E-state index contributed by atoms with van der Waals surface area (Å²) in [7, 11) is 0. The van der Waals surface area contributed by atoms with Crippen molar-refractivity contribution in [3.8, 4) is 0 Å². The molecule has 1 aliphatic heterocycles. The zero-order valence-corrected chi connectivity index (χ0v) is 8.11. The van der Waals surface area contributed by atoms with Gasteiger partial charge in [-0.1, -0.05) is 18.2 Å². The van der Waals surface area contributed by atoms with Crippen LogP contribution in [0.15, 0.2) is 24.3 Å². The molecule has 2 heteroatoms. The summed E-state index contributed by atoms with van der Waals surface area (Å²) in [6.45, 7) is 0. The first-order valence-corrected chi connectivity index (χ1v) is 5.37. The fraction of sp³-hybridized carbons (Fsp3) is 0.500. The molecule has 1 aliphatic carbocycles. The Kier molecular flexibility index (Phi) is 1.77. The van der Waals surface area contributed by atoms with Crippen molar-refractivity contribution in [2.75, 3.05) is 5.32 Å². The van der Waals surface area contributed by atoms with E-state index in [0.717, 1.165) is 6.42 Å². The number of rotatable bonds is 1. The van der Waals surface area contributed by atoms with E-state index < -0.39 is 0 Å². The van der Waals surface area contributed by atoms with Crippen LogP contribution in [0.3, 0.4) is 0 Å². The number of aliphatic hydroxyl groups excluding tert-OH is 1. The van der Waals surface area contributed by atoms with Gasteiger partial charge in [0.25, 0.3) is 0 Å². The molecule has 74 valence electrons. The van der Waals surface area contributed by atoms with Gasteiger partial charge in [0.05, 0.1) is 12.1 Å². The van der Waals surface area contributed by atoms with Gasteiger partial charge >= 0.3 is 0 Å². The second-order valence-electron chi connectivity index (χ2n) is 4.44. The topological polar surface area (TPSA) is 32.3 Å². The molecule has 1 fully saturated rings. The van der Waals surface area contributed by atoms with E-state index in [1.54, 1.807) is 0 Å². The van der Waals surface area contributed by atoms with Gasteiger partial charge < -0.3 is 10.4 Å². The summed E-state index contributed by atoms with van der Waals surface area (Å²) < 4.78 is 0. The van der Waals surface area contributed by atoms with Crippen LogP contribution in [0.1, 0.15) is 18.4 Å². The molecule has 0 saturated heterocycles. The lowest BCUT2D eigenvalue weighted by Crippen LogP contribution is -2.40. The van der Waals surface area contributed by atoms with E-state index in [9.17, 15) is 5.11 Å². The molecule has 2 atom stereocenters. The Bertz CT molecular complexity index is 346. The largest absolute Gasteiger partial charge is 0.391 e. The third-order valence-corrected chi connectivity index (χ3v) is 3.31. The summed E-state index contributed by atoms with van der Waals surface area (Å²) >= 11 is 0. The molecule has 14 heavy (non-hydrogen) atoms. The molecule has 2 N–H and O–H groups in total. The standard InChI is InChI=1S/C12H15NO/c14-11-7-9-3-1-2-4-10(9)13-12(11)8-5-6-8/h1-4,8,11-14H,5-7H2/t11-,12+/m1/s1. The van der Waals surface area contributed by atoms with E-state index in [2.05, 4.69) is 17.4 Å². The van der Waals surface area contributed by atoms with Crippen molar-refractivity contribution in [1.29, 1.82) is 0 Å². The molecule has 2 aliphatic rings. The molecule has 2 nitrogen and oxygen atoms in total. The first-order chi connectivity index (χ1) is 6.84. The zero-order valence-electron chi connectivity index (χ0n) is 8.11. The zero-order chi connectivity index (χ0) is 9.54. The molecule has 0 aromatic heterocycles. The average molecular weight is 189 g/mol. The van der Waals surface area contributed by atoms with Gasteiger partial charge in [0.2, 0.25) is 0 Å². The van der Waals surface area contributed by atoms with E-state index in [-0.39, 0.29) is 6.10 Å². The Balaban J connectivity index is 1.90. The Morgan fingerprint density at radius 2 is 2.00 bits per heavy atom. The van der Waals surface area contributed by atoms with Gasteiger partial charge in [-0.25, -0.2) is 0 Å². The van der Waals surface area contributed by atoms with Crippen LogP contribution in [0.25, 0.3) is 0 Å². The Morgan fingerprint density at radius 1 is 1.21 bits per heavy atom. The van der Waals surface area contributed by atoms with Crippen molar-refractivity contribution >= 4 is 5.69 Å². The highest BCUT2D eigenvalue weighted by Gasteiger charge is 2.38. The predicted molar refractivity (Wildman–Crippen MR) is 56.3 cm³/mol. The quantitative estimate of drug-likeness (QED) is 0.706. The summed E-state index contributed by atoms with van der Waals surface area (Å²) in [5.74, 6) is 0.707. The fourth-order valence-electron chi connectivity index (χ4n) is 2.35. The van der Waals surface area contributed by atoms with Gasteiger partial charge in [-0.15, -0.1) is 0 Å². The maximum Gasteiger partial charge on any atom is 0.0784 e. The van der Waals surface area contributed by atoms with E-state index >= 15 is 0 Å². The summed E-state index contributed by atoms with van der Waals surface area (Å²) in [6.07, 6.45) is 3.16. The third-order valence-electron chi connectivity index (χ3n) is 3.31. The SMILES string of the molecule is O[C@@H]1Cc2ccccc2N[C@H]1C1CC1. The van der Waals surface area contributed by atoms with Crippen LogP contribution < -0.4 is 5.32 Å². The van der Waals surface area contributed by atoms with E-state index in [1.807, 2.05) is 12.1 Å². The van der Waals surface area contributed by atoms with Crippen molar-refractivity contribution in [2.45, 2.75) is 31.4 Å². The van der Waals surface area contributed by atoms with Gasteiger partial charge in [0, 0.05) is 12.1 Å². The lowest BCUT2D eigenvalue weighted by molar-refractivity contribution is 0.139. The molecule has 3 rings (SSSR count). The molecular weight excluding hydrogens is 174 g/mol. The molecule has 1 saturated carbocycles. The Hall–Kier alpha value is -1.02. The normalized spacial score (nSPS) is 30.6. The lowest BCUT2D eigenvalue weighted by atomic mass is 9.93. The molecule has 0 unspecified atom stereocenters. The van der Waals surface area contributed by atoms with Crippen molar-refractivity contribution < 1.29 is 5.11 Å². The highest BCUT2D eigenvalue weighted by Crippen LogP contribution is 2.39. The van der Waals surface area contributed by atoms with Gasteiger partial charge in [-0.3, -0.25) is 0 Å². The summed E-state index contributed by atoms with van der Waals surface area (Å²) in [5, 5.41) is 13.4. The minimum absolute atomic E-state index is 0.197. The first-order valence-electron chi connectivity index (χ1n) is 5.37. The Morgan fingerprint density at radius 3 is 2.79 bits per heavy atom. The van der Waals surface area contributed by atoms with Crippen LogP contribution in [0.2, 0.25) is 0 Å². The number of nitrogens with one attached hydrogen (secondary N) is 1. The highest BCUT2D eigenvalue weighted by atomic mass is 16.3. The third kappa shape index (κ3) is 1.30. The van der Waals surface area contributed by atoms with Gasteiger partial charge in [0.1, 0.15) is 0 Å². The van der Waals surface area contributed by atoms with Crippen molar-refractivity contribution in [3.05, 3.63) is 29.8 Å². The van der Waals surface area contributed by atoms with Crippen molar-refractivity contribution in [2.24, 2.45) is 5.92 Å². The first kappa shape index (κ1) is 8.30. The van der Waals surface area contributed by atoms with Crippen molar-refractivity contribution in [3.63, 3.8) is 0 Å². The van der Waals surface area contributed by atoms with Crippen LogP contribution in [-0.2, 0) is 6.42 Å². The van der Waals surface area contributed by atoms with E-state index in [4.69, 9.17) is 0 Å². The molecule has 0 amide bonds. The van der Waals surface area contributed by atoms with Crippen LogP contribution in [0, 0.1) is 5.92 Å².